The number of hydrogen-bond acceptors (Lipinski definition) is 5. The Bertz CT molecular complexity index is 1060. The first-order valence-corrected chi connectivity index (χ1v) is 8.20. The fourth-order valence-electron chi connectivity index (χ4n) is 2.61. The van der Waals surface area contributed by atoms with E-state index >= 15 is 0 Å². The Morgan fingerprint density at radius 3 is 2.67 bits per heavy atom. The number of carbonyl (C=O) groups excluding carboxylic acids is 2. The predicted octanol–water partition coefficient (Wildman–Crippen LogP) is 2.51. The molecule has 0 fully saturated rings. The van der Waals surface area contributed by atoms with Crippen LogP contribution in [0.5, 0.6) is 5.75 Å². The van der Waals surface area contributed by atoms with E-state index in [1.54, 1.807) is 48.5 Å². The zero-order chi connectivity index (χ0) is 19.4. The van der Waals surface area contributed by atoms with Crippen LogP contribution in [0.1, 0.15) is 10.4 Å². The van der Waals surface area contributed by atoms with Crippen LogP contribution >= 0.6 is 0 Å². The van der Waals surface area contributed by atoms with Crippen molar-refractivity contribution in [3.05, 3.63) is 70.6 Å². The van der Waals surface area contributed by atoms with Crippen molar-refractivity contribution < 1.29 is 18.7 Å². The lowest BCUT2D eigenvalue weighted by molar-refractivity contribution is -0.116. The van der Waals surface area contributed by atoms with Gasteiger partial charge in [0.2, 0.25) is 5.91 Å². The number of carbonyl (C=O) groups is 2. The molecule has 1 N–H and O–H groups in total. The maximum absolute atomic E-state index is 12.6. The lowest BCUT2D eigenvalue weighted by atomic mass is 10.1. The second-order valence-electron chi connectivity index (χ2n) is 5.93. The van der Waals surface area contributed by atoms with Crippen LogP contribution in [-0.4, -0.2) is 37.4 Å². The monoisotopic (exact) mass is 366 g/mol. The van der Waals surface area contributed by atoms with E-state index in [9.17, 15) is 14.4 Å². The lowest BCUT2D eigenvalue weighted by Crippen LogP contribution is -2.36. The maximum atomic E-state index is 12.6. The van der Waals surface area contributed by atoms with Gasteiger partial charge in [0, 0.05) is 24.2 Å². The molecule has 0 saturated carbocycles. The Hall–Kier alpha value is -3.61. The molecule has 138 valence electrons. The van der Waals surface area contributed by atoms with Gasteiger partial charge in [0.05, 0.1) is 13.7 Å². The van der Waals surface area contributed by atoms with Crippen LogP contribution in [0, 0.1) is 0 Å². The molecule has 1 heterocycles. The number of hydrogen-bond donors (Lipinski definition) is 1. The van der Waals surface area contributed by atoms with Crippen LogP contribution in [-0.2, 0) is 4.79 Å². The fraction of sp³-hybridized carbons (Fsp3) is 0.150. The zero-order valence-corrected chi connectivity index (χ0v) is 14.9. The predicted molar refractivity (Wildman–Crippen MR) is 101 cm³/mol. The topological polar surface area (TPSA) is 88.8 Å². The largest absolute Gasteiger partial charge is 0.497 e. The van der Waals surface area contributed by atoms with Crippen LogP contribution in [0.25, 0.3) is 11.0 Å². The molecule has 3 rings (SSSR count). The van der Waals surface area contributed by atoms with Gasteiger partial charge in [-0.3, -0.25) is 9.59 Å². The smallest absolute Gasteiger partial charge is 0.349 e. The van der Waals surface area contributed by atoms with Crippen molar-refractivity contribution in [1.82, 2.24) is 4.90 Å². The summed E-state index contributed by atoms with van der Waals surface area (Å²) in [5.74, 6) is -0.384. The number of fused-ring (bicyclic) bond motifs is 1. The first kappa shape index (κ1) is 18.2. The van der Waals surface area contributed by atoms with E-state index in [0.29, 0.717) is 22.4 Å². The number of amides is 2. The molecule has 0 aliphatic heterocycles. The third-order valence-electron chi connectivity index (χ3n) is 3.95. The molecule has 0 spiro atoms. The van der Waals surface area contributed by atoms with Gasteiger partial charge in [-0.2, -0.15) is 0 Å². The number of nitrogens with zero attached hydrogens (tertiary/aromatic N) is 1. The molecule has 0 unspecified atom stereocenters. The number of ether oxygens (including phenoxy) is 1. The quantitative estimate of drug-likeness (QED) is 0.701. The first-order chi connectivity index (χ1) is 13.0. The van der Waals surface area contributed by atoms with Crippen LogP contribution in [0.3, 0.4) is 0 Å². The molecule has 7 nitrogen and oxygen atoms in total. The summed E-state index contributed by atoms with van der Waals surface area (Å²) < 4.78 is 10.3. The van der Waals surface area contributed by atoms with E-state index in [-0.39, 0.29) is 12.1 Å². The molecule has 0 atom stereocenters. The summed E-state index contributed by atoms with van der Waals surface area (Å²) in [6.07, 6.45) is 0. The molecule has 0 aliphatic rings. The fourth-order valence-corrected chi connectivity index (χ4v) is 2.61. The van der Waals surface area contributed by atoms with Gasteiger partial charge < -0.3 is 19.4 Å². The molecule has 27 heavy (non-hydrogen) atoms. The van der Waals surface area contributed by atoms with Gasteiger partial charge in [-0.25, -0.2) is 4.79 Å². The van der Waals surface area contributed by atoms with Crippen LogP contribution in [0.15, 0.2) is 63.8 Å². The third-order valence-corrected chi connectivity index (χ3v) is 3.95. The van der Waals surface area contributed by atoms with E-state index in [0.717, 1.165) is 4.90 Å². The number of rotatable bonds is 5. The minimum absolute atomic E-state index is 0.120. The van der Waals surface area contributed by atoms with E-state index in [2.05, 4.69) is 5.32 Å². The highest BCUT2D eigenvalue weighted by molar-refractivity contribution is 6.00. The zero-order valence-electron chi connectivity index (χ0n) is 14.9. The van der Waals surface area contributed by atoms with Crippen molar-refractivity contribution in [2.75, 3.05) is 26.0 Å². The van der Waals surface area contributed by atoms with Crippen molar-refractivity contribution in [3.8, 4) is 5.75 Å². The minimum atomic E-state index is -0.737. The number of nitrogens with one attached hydrogen (secondary N) is 1. The highest BCUT2D eigenvalue weighted by Crippen LogP contribution is 2.17. The average Bonchev–Trinajstić information content (AvgIpc) is 2.66. The SMILES string of the molecule is COc1cccc(NC(=O)CN(C)C(=O)c2cc3ccccc3oc2=O)c1. The summed E-state index contributed by atoms with van der Waals surface area (Å²) in [5.41, 5.74) is 0.0898. The van der Waals surface area contributed by atoms with Crippen molar-refractivity contribution in [3.63, 3.8) is 0 Å². The Morgan fingerprint density at radius 2 is 1.89 bits per heavy atom. The van der Waals surface area contributed by atoms with Gasteiger partial charge in [0.1, 0.15) is 16.9 Å². The molecule has 3 aromatic rings. The second kappa shape index (κ2) is 7.74. The minimum Gasteiger partial charge on any atom is -0.497 e. The third kappa shape index (κ3) is 4.14. The molecule has 0 aliphatic carbocycles. The molecular weight excluding hydrogens is 348 g/mol. The summed E-state index contributed by atoms with van der Waals surface area (Å²) in [7, 11) is 2.98. The standard InChI is InChI=1S/C20H18N2O5/c1-22(12-18(23)21-14-7-5-8-15(11-14)26-2)19(24)16-10-13-6-3-4-9-17(13)27-20(16)25/h3-11H,12H2,1-2H3,(H,21,23). The van der Waals surface area contributed by atoms with Crippen molar-refractivity contribution in [2.45, 2.75) is 0 Å². The van der Waals surface area contributed by atoms with Gasteiger partial charge in [-0.1, -0.05) is 24.3 Å². The number of likely N-dealkylation sites (N-methyl/N-ethyl adjacent to an activating group) is 1. The normalized spacial score (nSPS) is 10.4. The summed E-state index contributed by atoms with van der Waals surface area (Å²) in [5, 5.41) is 3.32. The van der Waals surface area contributed by atoms with Crippen molar-refractivity contribution in [2.24, 2.45) is 0 Å². The molecule has 0 bridgehead atoms. The molecular formula is C20H18N2O5. The maximum Gasteiger partial charge on any atom is 0.349 e. The number of methoxy groups -OCH3 is 1. The van der Waals surface area contributed by atoms with Gasteiger partial charge >= 0.3 is 5.63 Å². The number of para-hydroxylation sites is 1. The number of anilines is 1. The van der Waals surface area contributed by atoms with Crippen LogP contribution in [0.2, 0.25) is 0 Å². The first-order valence-electron chi connectivity index (χ1n) is 8.20. The molecule has 2 aromatic carbocycles. The van der Waals surface area contributed by atoms with E-state index in [1.807, 2.05) is 0 Å². The average molecular weight is 366 g/mol. The Kier molecular flexibility index (Phi) is 5.21. The van der Waals surface area contributed by atoms with Gasteiger partial charge in [0.25, 0.3) is 5.91 Å². The number of benzene rings is 2. The summed E-state index contributed by atoms with van der Waals surface area (Å²) in [6, 6.07) is 15.2. The Morgan fingerprint density at radius 1 is 1.11 bits per heavy atom. The van der Waals surface area contributed by atoms with Crippen LogP contribution < -0.4 is 15.7 Å². The molecule has 0 radical (unpaired) electrons. The van der Waals surface area contributed by atoms with Gasteiger partial charge in [-0.15, -0.1) is 0 Å². The molecule has 1 aromatic heterocycles. The summed E-state index contributed by atoms with van der Waals surface area (Å²) in [4.78, 5) is 38.0. The van der Waals surface area contributed by atoms with E-state index < -0.39 is 17.4 Å². The summed E-state index contributed by atoms with van der Waals surface area (Å²) >= 11 is 0. The van der Waals surface area contributed by atoms with Crippen molar-refractivity contribution in [1.29, 1.82) is 0 Å². The Balaban J connectivity index is 1.72. The van der Waals surface area contributed by atoms with Crippen LogP contribution in [0.4, 0.5) is 5.69 Å². The second-order valence-corrected chi connectivity index (χ2v) is 5.93. The Labute approximate surface area is 155 Å². The van der Waals surface area contributed by atoms with E-state index in [4.69, 9.17) is 9.15 Å². The van der Waals surface area contributed by atoms with Gasteiger partial charge in [-0.05, 0) is 24.3 Å². The molecule has 7 heteroatoms. The summed E-state index contributed by atoms with van der Waals surface area (Å²) in [6.45, 7) is -0.220. The van der Waals surface area contributed by atoms with E-state index in [1.165, 1.54) is 20.2 Å². The van der Waals surface area contributed by atoms with Gasteiger partial charge in [0.15, 0.2) is 0 Å². The molecule has 0 saturated heterocycles. The van der Waals surface area contributed by atoms with Crippen molar-refractivity contribution >= 4 is 28.5 Å². The highest BCUT2D eigenvalue weighted by Gasteiger charge is 2.20. The highest BCUT2D eigenvalue weighted by atomic mass is 16.5. The molecule has 2 amide bonds. The lowest BCUT2D eigenvalue weighted by Gasteiger charge is -2.16.